The van der Waals surface area contributed by atoms with Gasteiger partial charge in [0, 0.05) is 18.0 Å². The molecule has 0 saturated carbocycles. The number of nitrogens with zero attached hydrogens (tertiary/aromatic N) is 1. The molecule has 26 heavy (non-hydrogen) atoms. The van der Waals surface area contributed by atoms with Crippen molar-refractivity contribution in [2.45, 2.75) is 12.8 Å². The summed E-state index contributed by atoms with van der Waals surface area (Å²) < 4.78 is 30.5. The van der Waals surface area contributed by atoms with Gasteiger partial charge in [-0.3, -0.25) is 9.10 Å². The Bertz CT molecular complexity index is 857. The Kier molecular flexibility index (Phi) is 6.88. The van der Waals surface area contributed by atoms with Crippen LogP contribution < -0.4 is 14.4 Å². The number of carbonyl (C=O) groups is 1. The lowest BCUT2D eigenvalue weighted by atomic mass is 10.2. The van der Waals surface area contributed by atoms with Crippen LogP contribution in [0.2, 0.25) is 5.02 Å². The highest BCUT2D eigenvalue weighted by atomic mass is 35.5. The Balaban J connectivity index is 1.97. The molecule has 0 atom stereocenters. The van der Waals surface area contributed by atoms with Gasteiger partial charge in [-0.25, -0.2) is 8.42 Å². The molecule has 8 heteroatoms. The zero-order chi connectivity index (χ0) is 19.2. The smallest absolute Gasteiger partial charge is 0.232 e. The molecule has 0 aromatic heterocycles. The molecule has 0 unspecified atom stereocenters. The SMILES string of the molecule is COc1ccc(Cl)cc1NC(=O)CCCN(c1ccccc1)S(C)(=O)=O. The van der Waals surface area contributed by atoms with Crippen molar-refractivity contribution in [1.29, 1.82) is 0 Å². The molecule has 2 aromatic carbocycles. The van der Waals surface area contributed by atoms with E-state index in [-0.39, 0.29) is 18.9 Å². The Morgan fingerprint density at radius 3 is 2.50 bits per heavy atom. The topological polar surface area (TPSA) is 75.7 Å². The van der Waals surface area contributed by atoms with Gasteiger partial charge in [0.05, 0.1) is 24.7 Å². The maximum absolute atomic E-state index is 12.2. The van der Waals surface area contributed by atoms with Crippen LogP contribution in [0.25, 0.3) is 0 Å². The molecule has 2 aromatic rings. The van der Waals surface area contributed by atoms with Crippen LogP contribution in [0.15, 0.2) is 48.5 Å². The second kappa shape index (κ2) is 8.91. The minimum atomic E-state index is -3.43. The van der Waals surface area contributed by atoms with Crippen molar-refractivity contribution in [2.24, 2.45) is 0 Å². The number of halogens is 1. The monoisotopic (exact) mass is 396 g/mol. The van der Waals surface area contributed by atoms with E-state index in [2.05, 4.69) is 5.32 Å². The summed E-state index contributed by atoms with van der Waals surface area (Å²) in [6.07, 6.45) is 1.68. The Morgan fingerprint density at radius 1 is 1.19 bits per heavy atom. The minimum Gasteiger partial charge on any atom is -0.495 e. The number of amides is 1. The fourth-order valence-electron chi connectivity index (χ4n) is 2.45. The molecule has 0 fully saturated rings. The summed E-state index contributed by atoms with van der Waals surface area (Å²) in [7, 11) is -1.92. The number of hydrogen-bond donors (Lipinski definition) is 1. The molecule has 0 saturated heterocycles. The summed E-state index contributed by atoms with van der Waals surface area (Å²) in [5, 5.41) is 3.22. The number of methoxy groups -OCH3 is 1. The van der Waals surface area contributed by atoms with E-state index in [4.69, 9.17) is 16.3 Å². The van der Waals surface area contributed by atoms with Crippen molar-refractivity contribution in [3.63, 3.8) is 0 Å². The van der Waals surface area contributed by atoms with Gasteiger partial charge in [0.1, 0.15) is 5.75 Å². The van der Waals surface area contributed by atoms with Crippen LogP contribution in [0.3, 0.4) is 0 Å². The van der Waals surface area contributed by atoms with E-state index >= 15 is 0 Å². The van der Waals surface area contributed by atoms with Gasteiger partial charge in [-0.1, -0.05) is 29.8 Å². The fraction of sp³-hybridized carbons (Fsp3) is 0.278. The average Bonchev–Trinajstić information content (AvgIpc) is 2.58. The van der Waals surface area contributed by atoms with Crippen LogP contribution >= 0.6 is 11.6 Å². The molecular formula is C18H21ClN2O4S. The molecule has 1 N–H and O–H groups in total. The van der Waals surface area contributed by atoms with Gasteiger partial charge in [0.2, 0.25) is 15.9 Å². The number of sulfonamides is 1. The summed E-state index contributed by atoms with van der Waals surface area (Å²) in [5.74, 6) is 0.261. The van der Waals surface area contributed by atoms with Gasteiger partial charge in [-0.15, -0.1) is 0 Å². The molecule has 0 aliphatic carbocycles. The average molecular weight is 397 g/mol. The van der Waals surface area contributed by atoms with Crippen LogP contribution in [0, 0.1) is 0 Å². The summed E-state index contributed by atoms with van der Waals surface area (Å²) in [6.45, 7) is 0.211. The van der Waals surface area contributed by atoms with E-state index in [0.717, 1.165) is 6.26 Å². The quantitative estimate of drug-likeness (QED) is 0.740. The molecule has 0 aliphatic heterocycles. The highest BCUT2D eigenvalue weighted by Gasteiger charge is 2.17. The van der Waals surface area contributed by atoms with Crippen LogP contribution in [0.5, 0.6) is 5.75 Å². The van der Waals surface area contributed by atoms with E-state index in [1.807, 2.05) is 6.07 Å². The van der Waals surface area contributed by atoms with E-state index in [9.17, 15) is 13.2 Å². The number of benzene rings is 2. The molecule has 0 aliphatic rings. The van der Waals surface area contributed by atoms with Gasteiger partial charge >= 0.3 is 0 Å². The number of anilines is 2. The third kappa shape index (κ3) is 5.64. The molecule has 0 spiro atoms. The molecule has 6 nitrogen and oxygen atoms in total. The third-order valence-corrected chi connectivity index (χ3v) is 5.07. The van der Waals surface area contributed by atoms with Crippen molar-refractivity contribution in [1.82, 2.24) is 0 Å². The summed E-state index contributed by atoms with van der Waals surface area (Å²) in [4.78, 5) is 12.2. The first-order valence-corrected chi connectivity index (χ1v) is 10.2. The van der Waals surface area contributed by atoms with E-state index in [1.165, 1.54) is 11.4 Å². The van der Waals surface area contributed by atoms with Crippen molar-refractivity contribution in [3.05, 3.63) is 53.6 Å². The minimum absolute atomic E-state index is 0.161. The van der Waals surface area contributed by atoms with Crippen LogP contribution in [-0.2, 0) is 14.8 Å². The van der Waals surface area contributed by atoms with Crippen LogP contribution in [0.1, 0.15) is 12.8 Å². The predicted octanol–water partition coefficient (Wildman–Crippen LogP) is 3.53. The predicted molar refractivity (Wildman–Crippen MR) is 104 cm³/mol. The number of carbonyl (C=O) groups excluding carboxylic acids is 1. The van der Waals surface area contributed by atoms with Crippen molar-refractivity contribution >= 4 is 38.9 Å². The number of ether oxygens (including phenoxy) is 1. The standard InChI is InChI=1S/C18H21ClN2O4S/c1-25-17-11-10-14(19)13-16(17)20-18(22)9-6-12-21(26(2,23)24)15-7-4-3-5-8-15/h3-5,7-8,10-11,13H,6,9,12H2,1-2H3,(H,20,22). The highest BCUT2D eigenvalue weighted by Crippen LogP contribution is 2.27. The van der Waals surface area contributed by atoms with Crippen molar-refractivity contribution < 1.29 is 17.9 Å². The normalized spacial score (nSPS) is 11.0. The molecule has 140 valence electrons. The van der Waals surface area contributed by atoms with Gasteiger partial charge in [0.15, 0.2) is 0 Å². The number of nitrogens with one attached hydrogen (secondary N) is 1. The second-order valence-electron chi connectivity index (χ2n) is 5.67. The molecule has 0 radical (unpaired) electrons. The third-order valence-electron chi connectivity index (χ3n) is 3.65. The molecule has 0 heterocycles. The van der Waals surface area contributed by atoms with Gasteiger partial charge < -0.3 is 10.1 Å². The first kappa shape index (κ1) is 20.1. The fourth-order valence-corrected chi connectivity index (χ4v) is 3.59. The molecule has 2 rings (SSSR count). The Hall–Kier alpha value is -2.25. The highest BCUT2D eigenvalue weighted by molar-refractivity contribution is 7.92. The van der Waals surface area contributed by atoms with Crippen molar-refractivity contribution in [2.75, 3.05) is 29.5 Å². The molecule has 0 bridgehead atoms. The zero-order valence-electron chi connectivity index (χ0n) is 14.6. The first-order chi connectivity index (χ1) is 12.3. The maximum Gasteiger partial charge on any atom is 0.232 e. The Morgan fingerprint density at radius 2 is 1.88 bits per heavy atom. The lowest BCUT2D eigenvalue weighted by molar-refractivity contribution is -0.116. The number of rotatable bonds is 8. The van der Waals surface area contributed by atoms with E-state index < -0.39 is 10.0 Å². The summed E-state index contributed by atoms with van der Waals surface area (Å²) in [5.41, 5.74) is 1.06. The molecular weight excluding hydrogens is 376 g/mol. The second-order valence-corrected chi connectivity index (χ2v) is 8.01. The maximum atomic E-state index is 12.2. The largest absolute Gasteiger partial charge is 0.495 e. The molecule has 1 amide bonds. The van der Waals surface area contributed by atoms with Gasteiger partial charge in [-0.2, -0.15) is 0 Å². The Labute approximate surface area is 158 Å². The van der Waals surface area contributed by atoms with Gasteiger partial charge in [0.25, 0.3) is 0 Å². The zero-order valence-corrected chi connectivity index (χ0v) is 16.2. The summed E-state index contributed by atoms with van der Waals surface area (Å²) >= 11 is 5.94. The van der Waals surface area contributed by atoms with E-state index in [0.29, 0.717) is 28.6 Å². The van der Waals surface area contributed by atoms with Crippen LogP contribution in [-0.4, -0.2) is 34.2 Å². The summed E-state index contributed by atoms with van der Waals surface area (Å²) in [6, 6.07) is 13.7. The lowest BCUT2D eigenvalue weighted by Crippen LogP contribution is -2.31. The van der Waals surface area contributed by atoms with E-state index in [1.54, 1.807) is 42.5 Å². The van der Waals surface area contributed by atoms with Gasteiger partial charge in [-0.05, 0) is 36.8 Å². The lowest BCUT2D eigenvalue weighted by Gasteiger charge is -2.22. The number of para-hydroxylation sites is 1. The first-order valence-electron chi connectivity index (χ1n) is 7.97. The van der Waals surface area contributed by atoms with Crippen molar-refractivity contribution in [3.8, 4) is 5.75 Å². The van der Waals surface area contributed by atoms with Crippen LogP contribution in [0.4, 0.5) is 11.4 Å². The number of hydrogen-bond acceptors (Lipinski definition) is 4.